The number of hydrogen-bond donors (Lipinski definition) is 2. The summed E-state index contributed by atoms with van der Waals surface area (Å²) in [5.74, 6) is -0.112. The SMILES string of the molecule is NC(=O)CC[NH+]1CCN(C(=O)Cc2cccnc2)CC1. The van der Waals surface area contributed by atoms with Gasteiger partial charge in [0, 0.05) is 12.4 Å². The summed E-state index contributed by atoms with van der Waals surface area (Å²) in [4.78, 5) is 30.2. The monoisotopic (exact) mass is 277 g/mol. The third-order valence-corrected chi connectivity index (χ3v) is 3.63. The van der Waals surface area contributed by atoms with Gasteiger partial charge in [0.1, 0.15) is 0 Å². The number of carbonyl (C=O) groups is 2. The summed E-state index contributed by atoms with van der Waals surface area (Å²) < 4.78 is 0. The van der Waals surface area contributed by atoms with E-state index in [9.17, 15) is 9.59 Å². The Balaban J connectivity index is 1.76. The number of pyridine rings is 1. The fourth-order valence-corrected chi connectivity index (χ4v) is 2.41. The molecule has 0 atom stereocenters. The summed E-state index contributed by atoms with van der Waals surface area (Å²) in [6.45, 7) is 4.01. The van der Waals surface area contributed by atoms with Gasteiger partial charge in [-0.1, -0.05) is 6.07 Å². The first-order chi connectivity index (χ1) is 9.65. The number of primary amides is 1. The first kappa shape index (κ1) is 14.5. The summed E-state index contributed by atoms with van der Waals surface area (Å²) in [6, 6.07) is 3.76. The summed E-state index contributed by atoms with van der Waals surface area (Å²) in [5, 5.41) is 0. The average Bonchev–Trinajstić information content (AvgIpc) is 2.46. The second-order valence-electron chi connectivity index (χ2n) is 5.14. The zero-order valence-electron chi connectivity index (χ0n) is 11.5. The van der Waals surface area contributed by atoms with Crippen molar-refractivity contribution in [2.45, 2.75) is 12.8 Å². The van der Waals surface area contributed by atoms with Crippen molar-refractivity contribution in [3.63, 3.8) is 0 Å². The van der Waals surface area contributed by atoms with E-state index in [0.717, 1.165) is 38.3 Å². The molecule has 0 spiro atoms. The number of rotatable bonds is 5. The number of piperazine rings is 1. The van der Waals surface area contributed by atoms with Gasteiger partial charge in [0.2, 0.25) is 11.8 Å². The topological polar surface area (TPSA) is 80.7 Å². The van der Waals surface area contributed by atoms with Crippen LogP contribution in [0.3, 0.4) is 0 Å². The Hall–Kier alpha value is -1.95. The number of carbonyl (C=O) groups excluding carboxylic acids is 2. The standard InChI is InChI=1S/C14H20N4O2/c15-13(19)3-5-17-6-8-18(9-7-17)14(20)10-12-2-1-4-16-11-12/h1-2,4,11H,3,5-10H2,(H2,15,19)/p+1. The fourth-order valence-electron chi connectivity index (χ4n) is 2.41. The van der Waals surface area contributed by atoms with E-state index >= 15 is 0 Å². The lowest BCUT2D eigenvalue weighted by molar-refractivity contribution is -0.903. The van der Waals surface area contributed by atoms with Crippen LogP contribution < -0.4 is 10.6 Å². The molecule has 0 bridgehead atoms. The normalized spacial score (nSPS) is 16.1. The van der Waals surface area contributed by atoms with Gasteiger partial charge in [0.25, 0.3) is 0 Å². The van der Waals surface area contributed by atoms with Gasteiger partial charge in [0.15, 0.2) is 0 Å². The van der Waals surface area contributed by atoms with Crippen LogP contribution in [0.2, 0.25) is 0 Å². The highest BCUT2D eigenvalue weighted by Crippen LogP contribution is 2.01. The highest BCUT2D eigenvalue weighted by Gasteiger charge is 2.23. The third kappa shape index (κ3) is 4.31. The number of amides is 2. The molecule has 1 aliphatic rings. The minimum Gasteiger partial charge on any atom is -0.369 e. The zero-order chi connectivity index (χ0) is 14.4. The van der Waals surface area contributed by atoms with Crippen molar-refractivity contribution in [2.75, 3.05) is 32.7 Å². The van der Waals surface area contributed by atoms with Crippen LogP contribution in [0.5, 0.6) is 0 Å². The number of quaternary nitrogens is 1. The molecule has 0 aromatic carbocycles. The minimum atomic E-state index is -0.257. The van der Waals surface area contributed by atoms with Crippen LogP contribution in [0, 0.1) is 0 Å². The predicted octanol–water partition coefficient (Wildman–Crippen LogP) is -1.77. The van der Waals surface area contributed by atoms with Crippen LogP contribution in [-0.2, 0) is 16.0 Å². The van der Waals surface area contributed by atoms with Gasteiger partial charge >= 0.3 is 0 Å². The number of hydrogen-bond acceptors (Lipinski definition) is 3. The Bertz CT molecular complexity index is 456. The molecule has 3 N–H and O–H groups in total. The van der Waals surface area contributed by atoms with Crippen molar-refractivity contribution < 1.29 is 14.5 Å². The highest BCUT2D eigenvalue weighted by atomic mass is 16.2. The first-order valence-electron chi connectivity index (χ1n) is 6.93. The lowest BCUT2D eigenvalue weighted by atomic mass is 10.2. The molecule has 0 saturated carbocycles. The molecular weight excluding hydrogens is 256 g/mol. The van der Waals surface area contributed by atoms with Gasteiger partial charge < -0.3 is 15.5 Å². The van der Waals surface area contributed by atoms with Crippen molar-refractivity contribution >= 4 is 11.8 Å². The van der Waals surface area contributed by atoms with E-state index in [2.05, 4.69) is 4.98 Å². The predicted molar refractivity (Wildman–Crippen MR) is 73.9 cm³/mol. The summed E-state index contributed by atoms with van der Waals surface area (Å²) in [7, 11) is 0. The summed E-state index contributed by atoms with van der Waals surface area (Å²) in [5.41, 5.74) is 6.09. The lowest BCUT2D eigenvalue weighted by Crippen LogP contribution is -3.15. The van der Waals surface area contributed by atoms with Crippen molar-refractivity contribution in [1.82, 2.24) is 9.88 Å². The molecule has 2 heterocycles. The molecule has 20 heavy (non-hydrogen) atoms. The van der Waals surface area contributed by atoms with Crippen LogP contribution in [0.15, 0.2) is 24.5 Å². The number of nitrogens with one attached hydrogen (secondary N) is 1. The average molecular weight is 277 g/mol. The molecule has 108 valence electrons. The second-order valence-corrected chi connectivity index (χ2v) is 5.14. The van der Waals surface area contributed by atoms with Gasteiger partial charge in [-0.25, -0.2) is 0 Å². The van der Waals surface area contributed by atoms with E-state index in [0.29, 0.717) is 12.8 Å². The lowest BCUT2D eigenvalue weighted by Gasteiger charge is -2.32. The molecule has 1 aromatic heterocycles. The van der Waals surface area contributed by atoms with Gasteiger partial charge in [-0.05, 0) is 11.6 Å². The van der Waals surface area contributed by atoms with Crippen LogP contribution in [0.1, 0.15) is 12.0 Å². The molecule has 0 radical (unpaired) electrons. The number of nitrogens with zero attached hydrogens (tertiary/aromatic N) is 2. The smallest absolute Gasteiger partial charge is 0.227 e. The molecule has 1 fully saturated rings. The maximum Gasteiger partial charge on any atom is 0.227 e. The fraction of sp³-hybridized carbons (Fsp3) is 0.500. The molecular formula is C14H21N4O2+. The Morgan fingerprint density at radius 2 is 2.10 bits per heavy atom. The third-order valence-electron chi connectivity index (χ3n) is 3.63. The van der Waals surface area contributed by atoms with E-state index in [4.69, 9.17) is 5.73 Å². The van der Waals surface area contributed by atoms with Gasteiger partial charge in [-0.15, -0.1) is 0 Å². The molecule has 2 rings (SSSR count). The van der Waals surface area contributed by atoms with Crippen molar-refractivity contribution in [3.8, 4) is 0 Å². The van der Waals surface area contributed by atoms with Crippen LogP contribution in [0.25, 0.3) is 0 Å². The van der Waals surface area contributed by atoms with Gasteiger partial charge in [-0.2, -0.15) is 0 Å². The van der Waals surface area contributed by atoms with E-state index < -0.39 is 0 Å². The van der Waals surface area contributed by atoms with Crippen LogP contribution in [-0.4, -0.2) is 54.4 Å². The second kappa shape index (κ2) is 7.00. The Morgan fingerprint density at radius 3 is 2.70 bits per heavy atom. The molecule has 6 heteroatoms. The van der Waals surface area contributed by atoms with Crippen LogP contribution >= 0.6 is 0 Å². The zero-order valence-corrected chi connectivity index (χ0v) is 11.5. The molecule has 2 amide bonds. The molecule has 1 saturated heterocycles. The Morgan fingerprint density at radius 1 is 1.35 bits per heavy atom. The van der Waals surface area contributed by atoms with Crippen molar-refractivity contribution in [2.24, 2.45) is 5.73 Å². The molecule has 0 aliphatic carbocycles. The van der Waals surface area contributed by atoms with E-state index in [1.807, 2.05) is 17.0 Å². The molecule has 1 aromatic rings. The van der Waals surface area contributed by atoms with Gasteiger partial charge in [-0.3, -0.25) is 14.6 Å². The summed E-state index contributed by atoms with van der Waals surface area (Å²) >= 11 is 0. The largest absolute Gasteiger partial charge is 0.369 e. The molecule has 1 aliphatic heterocycles. The van der Waals surface area contributed by atoms with Gasteiger partial charge in [0.05, 0.1) is 45.6 Å². The number of nitrogens with two attached hydrogens (primary N) is 1. The van der Waals surface area contributed by atoms with Crippen LogP contribution in [0.4, 0.5) is 0 Å². The Kier molecular flexibility index (Phi) is 5.06. The maximum atomic E-state index is 12.2. The minimum absolute atomic E-state index is 0.145. The van der Waals surface area contributed by atoms with E-state index in [1.54, 1.807) is 12.4 Å². The van der Waals surface area contributed by atoms with Crippen molar-refractivity contribution in [3.05, 3.63) is 30.1 Å². The van der Waals surface area contributed by atoms with E-state index in [-0.39, 0.29) is 11.8 Å². The maximum absolute atomic E-state index is 12.2. The van der Waals surface area contributed by atoms with E-state index in [1.165, 1.54) is 4.90 Å². The highest BCUT2D eigenvalue weighted by molar-refractivity contribution is 5.78. The first-order valence-corrected chi connectivity index (χ1v) is 6.93. The number of aromatic nitrogens is 1. The van der Waals surface area contributed by atoms with Crippen molar-refractivity contribution in [1.29, 1.82) is 0 Å². The molecule has 0 unspecified atom stereocenters. The quantitative estimate of drug-likeness (QED) is 0.668. The summed E-state index contributed by atoms with van der Waals surface area (Å²) in [6.07, 6.45) is 4.25. The molecule has 6 nitrogen and oxygen atoms in total. The Labute approximate surface area is 118 Å².